The smallest absolute Gasteiger partial charge is 0.196 e. The van der Waals surface area contributed by atoms with E-state index in [1.807, 2.05) is 0 Å². The summed E-state index contributed by atoms with van der Waals surface area (Å²) in [7, 11) is 0. The maximum absolute atomic E-state index is 13.2. The summed E-state index contributed by atoms with van der Waals surface area (Å²) in [4.78, 5) is 11.9. The van der Waals surface area contributed by atoms with Gasteiger partial charge in [0, 0.05) is 5.56 Å². The summed E-state index contributed by atoms with van der Waals surface area (Å²) in [5.74, 6) is -0.235. The predicted octanol–water partition coefficient (Wildman–Crippen LogP) is 2.54. The van der Waals surface area contributed by atoms with Gasteiger partial charge >= 0.3 is 0 Å². The molecule has 1 aromatic carbocycles. The number of benzene rings is 1. The first kappa shape index (κ1) is 10.4. The van der Waals surface area contributed by atoms with Crippen molar-refractivity contribution < 1.29 is 13.6 Å². The Morgan fingerprint density at radius 3 is 2.62 bits per heavy atom. The lowest BCUT2D eigenvalue weighted by atomic mass is 10.1. The van der Waals surface area contributed by atoms with Gasteiger partial charge in [-0.2, -0.15) is 0 Å². The van der Waals surface area contributed by atoms with Crippen molar-refractivity contribution >= 4 is 11.5 Å². The van der Waals surface area contributed by atoms with Gasteiger partial charge in [0.2, 0.25) is 0 Å². The van der Waals surface area contributed by atoms with Gasteiger partial charge in [-0.1, -0.05) is 0 Å². The van der Waals surface area contributed by atoms with Gasteiger partial charge in [-0.05, 0) is 31.2 Å². The molecule has 1 heterocycles. The number of halogens is 1. The highest BCUT2D eigenvalue weighted by molar-refractivity contribution is 6.09. The second kappa shape index (κ2) is 3.81. The highest BCUT2D eigenvalue weighted by Crippen LogP contribution is 2.17. The van der Waals surface area contributed by atoms with Crippen LogP contribution in [0.4, 0.5) is 10.1 Å². The lowest BCUT2D eigenvalue weighted by molar-refractivity contribution is 0.103. The van der Waals surface area contributed by atoms with Crippen LogP contribution in [0.3, 0.4) is 0 Å². The molecule has 0 bridgehead atoms. The summed E-state index contributed by atoms with van der Waals surface area (Å²) in [5.41, 5.74) is 6.02. The monoisotopic (exact) mass is 219 g/mol. The van der Waals surface area contributed by atoms with Crippen LogP contribution in [0.25, 0.3) is 0 Å². The third-order valence-electron chi connectivity index (χ3n) is 2.26. The number of carbonyl (C=O) groups is 1. The average Bonchev–Trinajstić information content (AvgIpc) is 2.68. The van der Waals surface area contributed by atoms with Crippen LogP contribution in [-0.2, 0) is 0 Å². The maximum atomic E-state index is 13.2. The van der Waals surface area contributed by atoms with Gasteiger partial charge in [0.05, 0.1) is 11.3 Å². The Kier molecular flexibility index (Phi) is 2.48. The minimum atomic E-state index is -0.592. The molecule has 0 saturated heterocycles. The zero-order chi connectivity index (χ0) is 11.7. The van der Waals surface area contributed by atoms with Gasteiger partial charge in [0.15, 0.2) is 5.78 Å². The van der Waals surface area contributed by atoms with E-state index in [9.17, 15) is 9.18 Å². The van der Waals surface area contributed by atoms with Crippen LogP contribution < -0.4 is 5.73 Å². The maximum Gasteiger partial charge on any atom is 0.196 e. The van der Waals surface area contributed by atoms with Crippen LogP contribution >= 0.6 is 0 Å². The number of rotatable bonds is 2. The summed E-state index contributed by atoms with van der Waals surface area (Å²) in [6, 6.07) is 5.59. The molecule has 0 aliphatic carbocycles. The summed E-state index contributed by atoms with van der Waals surface area (Å²) < 4.78 is 18.2. The van der Waals surface area contributed by atoms with Crippen LogP contribution in [0.1, 0.15) is 21.7 Å². The molecule has 3 nitrogen and oxygen atoms in total. The first-order valence-corrected chi connectivity index (χ1v) is 4.73. The van der Waals surface area contributed by atoms with Crippen LogP contribution in [0.15, 0.2) is 34.9 Å². The number of aryl methyl sites for hydroxylation is 1. The minimum Gasteiger partial charge on any atom is -0.469 e. The molecule has 0 unspecified atom stereocenters. The number of hydrogen-bond acceptors (Lipinski definition) is 3. The van der Waals surface area contributed by atoms with Crippen molar-refractivity contribution in [1.82, 2.24) is 0 Å². The van der Waals surface area contributed by atoms with E-state index in [0.29, 0.717) is 11.3 Å². The number of nitrogens with two attached hydrogens (primary N) is 1. The molecule has 82 valence electrons. The fourth-order valence-electron chi connectivity index (χ4n) is 1.40. The van der Waals surface area contributed by atoms with E-state index in [-0.39, 0.29) is 17.0 Å². The van der Waals surface area contributed by atoms with E-state index in [2.05, 4.69) is 0 Å². The molecule has 0 fully saturated rings. The third-order valence-corrected chi connectivity index (χ3v) is 2.26. The third kappa shape index (κ3) is 1.82. The van der Waals surface area contributed by atoms with Crippen molar-refractivity contribution in [2.75, 3.05) is 5.73 Å². The average molecular weight is 219 g/mol. The van der Waals surface area contributed by atoms with E-state index in [1.165, 1.54) is 18.4 Å². The molecule has 16 heavy (non-hydrogen) atoms. The van der Waals surface area contributed by atoms with E-state index >= 15 is 0 Å². The predicted molar refractivity (Wildman–Crippen MR) is 57.7 cm³/mol. The van der Waals surface area contributed by atoms with Crippen molar-refractivity contribution in [3.05, 3.63) is 53.2 Å². The van der Waals surface area contributed by atoms with Gasteiger partial charge in [-0.3, -0.25) is 4.79 Å². The Morgan fingerprint density at radius 2 is 2.06 bits per heavy atom. The number of carbonyl (C=O) groups excluding carboxylic acids is 1. The quantitative estimate of drug-likeness (QED) is 0.623. The molecule has 0 saturated carbocycles. The van der Waals surface area contributed by atoms with Gasteiger partial charge in [0.1, 0.15) is 17.8 Å². The number of ketones is 1. The zero-order valence-electron chi connectivity index (χ0n) is 8.66. The van der Waals surface area contributed by atoms with E-state index in [4.69, 9.17) is 10.2 Å². The van der Waals surface area contributed by atoms with Crippen LogP contribution in [0.2, 0.25) is 0 Å². The Hall–Kier alpha value is -2.10. The molecule has 0 spiro atoms. The van der Waals surface area contributed by atoms with E-state index in [0.717, 1.165) is 6.07 Å². The molecule has 2 rings (SSSR count). The number of hydrogen-bond donors (Lipinski definition) is 1. The van der Waals surface area contributed by atoms with E-state index < -0.39 is 5.82 Å². The summed E-state index contributed by atoms with van der Waals surface area (Å²) in [5, 5.41) is 0. The Bertz CT molecular complexity index is 546. The summed E-state index contributed by atoms with van der Waals surface area (Å²) >= 11 is 0. The highest BCUT2D eigenvalue weighted by Gasteiger charge is 2.12. The van der Waals surface area contributed by atoms with Gasteiger partial charge in [-0.15, -0.1) is 0 Å². The summed E-state index contributed by atoms with van der Waals surface area (Å²) in [6.07, 6.45) is 1.35. The molecule has 2 aromatic rings. The Labute approximate surface area is 91.7 Å². The first-order chi connectivity index (χ1) is 7.58. The SMILES string of the molecule is Cc1cc(C(=O)c2ccc(N)c(F)c2)co1. The number of furan rings is 1. The van der Waals surface area contributed by atoms with Crippen molar-refractivity contribution in [2.24, 2.45) is 0 Å². The van der Waals surface area contributed by atoms with Crippen molar-refractivity contribution in [1.29, 1.82) is 0 Å². The largest absolute Gasteiger partial charge is 0.469 e. The Balaban J connectivity index is 2.38. The van der Waals surface area contributed by atoms with Gasteiger partial charge in [0.25, 0.3) is 0 Å². The standard InChI is InChI=1S/C12H10FNO2/c1-7-4-9(6-16-7)12(15)8-2-3-11(14)10(13)5-8/h2-6H,14H2,1H3. The van der Waals surface area contributed by atoms with Crippen LogP contribution in [0.5, 0.6) is 0 Å². The molecule has 0 radical (unpaired) electrons. The molecule has 2 N–H and O–H groups in total. The molecule has 0 amide bonds. The molecule has 0 atom stereocenters. The lowest BCUT2D eigenvalue weighted by Gasteiger charge is -2.00. The highest BCUT2D eigenvalue weighted by atomic mass is 19.1. The lowest BCUT2D eigenvalue weighted by Crippen LogP contribution is -2.01. The zero-order valence-corrected chi connectivity index (χ0v) is 8.66. The fourth-order valence-corrected chi connectivity index (χ4v) is 1.40. The van der Waals surface area contributed by atoms with Gasteiger partial charge in [-0.25, -0.2) is 4.39 Å². The van der Waals surface area contributed by atoms with Crippen LogP contribution in [0, 0.1) is 12.7 Å². The summed E-state index contributed by atoms with van der Waals surface area (Å²) in [6.45, 7) is 1.74. The second-order valence-electron chi connectivity index (χ2n) is 3.51. The van der Waals surface area contributed by atoms with Crippen molar-refractivity contribution in [3.8, 4) is 0 Å². The number of anilines is 1. The molecule has 1 aromatic heterocycles. The number of nitrogen functional groups attached to an aromatic ring is 1. The molecule has 4 heteroatoms. The Morgan fingerprint density at radius 1 is 1.31 bits per heavy atom. The van der Waals surface area contributed by atoms with E-state index in [1.54, 1.807) is 13.0 Å². The molecule has 0 aliphatic heterocycles. The normalized spacial score (nSPS) is 10.4. The molecular formula is C12H10FNO2. The fraction of sp³-hybridized carbons (Fsp3) is 0.0833. The second-order valence-corrected chi connectivity index (χ2v) is 3.51. The van der Waals surface area contributed by atoms with Crippen molar-refractivity contribution in [2.45, 2.75) is 6.92 Å². The topological polar surface area (TPSA) is 56.2 Å². The first-order valence-electron chi connectivity index (χ1n) is 4.73. The molecule has 0 aliphatic rings. The van der Waals surface area contributed by atoms with Crippen molar-refractivity contribution in [3.63, 3.8) is 0 Å². The minimum absolute atomic E-state index is 0.0277. The van der Waals surface area contributed by atoms with Crippen LogP contribution in [-0.4, -0.2) is 5.78 Å². The van der Waals surface area contributed by atoms with Gasteiger partial charge < -0.3 is 10.2 Å². The molecular weight excluding hydrogens is 209 g/mol.